The van der Waals surface area contributed by atoms with Crippen LogP contribution in [0.4, 0.5) is 0 Å². The molecular weight excluding hydrogens is 372 g/mol. The highest BCUT2D eigenvalue weighted by atomic mass is 16.6. The zero-order chi connectivity index (χ0) is 21.0. The van der Waals surface area contributed by atoms with E-state index >= 15 is 0 Å². The van der Waals surface area contributed by atoms with Gasteiger partial charge in [-0.25, -0.2) is 0 Å². The molecule has 29 heavy (non-hydrogen) atoms. The minimum atomic E-state index is -0.395. The molecule has 2 aliphatic carbocycles. The van der Waals surface area contributed by atoms with Gasteiger partial charge in [0.25, 0.3) is 0 Å². The van der Waals surface area contributed by atoms with Gasteiger partial charge in [0.1, 0.15) is 12.2 Å². The smallest absolute Gasteiger partial charge is 0.311 e. The Balaban J connectivity index is 1.18. The van der Waals surface area contributed by atoms with Crippen molar-refractivity contribution in [2.24, 2.45) is 23.2 Å². The monoisotopic (exact) mass is 408 g/mol. The summed E-state index contributed by atoms with van der Waals surface area (Å²) in [5, 5.41) is 0. The molecule has 5 unspecified atom stereocenters. The summed E-state index contributed by atoms with van der Waals surface area (Å²) in [5.74, 6) is 0.274. The van der Waals surface area contributed by atoms with E-state index in [0.29, 0.717) is 18.9 Å². The average molecular weight is 409 g/mol. The first-order valence-corrected chi connectivity index (χ1v) is 11.4. The minimum Gasteiger partial charge on any atom is -0.465 e. The molecule has 2 bridgehead atoms. The third-order valence-corrected chi connectivity index (χ3v) is 7.13. The molecule has 164 valence electrons. The molecule has 6 nitrogen and oxygen atoms in total. The van der Waals surface area contributed by atoms with Gasteiger partial charge in [0, 0.05) is 18.3 Å². The summed E-state index contributed by atoms with van der Waals surface area (Å²) in [7, 11) is 0. The van der Waals surface area contributed by atoms with Crippen LogP contribution in [0.15, 0.2) is 0 Å². The molecule has 0 N–H and O–H groups in total. The van der Waals surface area contributed by atoms with Crippen LogP contribution in [0.25, 0.3) is 0 Å². The van der Waals surface area contributed by atoms with Crippen LogP contribution in [0.1, 0.15) is 85.0 Å². The first-order valence-electron chi connectivity index (χ1n) is 11.4. The van der Waals surface area contributed by atoms with Crippen molar-refractivity contribution in [1.29, 1.82) is 0 Å². The zero-order valence-corrected chi connectivity index (χ0v) is 18.1. The first-order chi connectivity index (χ1) is 13.8. The Hall–Kier alpha value is -1.59. The van der Waals surface area contributed by atoms with E-state index in [4.69, 9.17) is 14.2 Å². The molecular formula is C23H36O6. The van der Waals surface area contributed by atoms with Crippen LogP contribution in [0.5, 0.6) is 0 Å². The van der Waals surface area contributed by atoms with Crippen LogP contribution < -0.4 is 0 Å². The van der Waals surface area contributed by atoms with Gasteiger partial charge in [-0.3, -0.25) is 14.4 Å². The van der Waals surface area contributed by atoms with Crippen LogP contribution in [-0.4, -0.2) is 36.7 Å². The maximum Gasteiger partial charge on any atom is 0.311 e. The number of esters is 3. The van der Waals surface area contributed by atoms with Crippen molar-refractivity contribution in [2.45, 2.75) is 97.2 Å². The molecule has 0 radical (unpaired) electrons. The maximum atomic E-state index is 12.2. The van der Waals surface area contributed by atoms with Crippen molar-refractivity contribution >= 4 is 17.9 Å². The molecule has 2 saturated carbocycles. The van der Waals surface area contributed by atoms with E-state index in [1.165, 1.54) is 0 Å². The number of unbranched alkanes of at least 4 members (excludes halogenated alkanes) is 5. The van der Waals surface area contributed by atoms with Gasteiger partial charge >= 0.3 is 17.9 Å². The Morgan fingerprint density at radius 2 is 1.76 bits per heavy atom. The normalized spacial score (nSPS) is 29.8. The summed E-state index contributed by atoms with van der Waals surface area (Å²) in [6.45, 7) is 6.31. The first kappa shape index (κ1) is 22.1. The van der Waals surface area contributed by atoms with Crippen molar-refractivity contribution in [3.63, 3.8) is 0 Å². The molecule has 3 aliphatic rings. The van der Waals surface area contributed by atoms with Crippen molar-refractivity contribution in [3.05, 3.63) is 0 Å². The van der Waals surface area contributed by atoms with Gasteiger partial charge in [0.2, 0.25) is 0 Å². The quantitative estimate of drug-likeness (QED) is 0.274. The van der Waals surface area contributed by atoms with Crippen LogP contribution >= 0.6 is 0 Å². The number of carbonyl (C=O) groups is 3. The van der Waals surface area contributed by atoms with E-state index in [1.807, 2.05) is 20.8 Å². The lowest BCUT2D eigenvalue weighted by Gasteiger charge is -2.25. The molecule has 0 aromatic heterocycles. The molecule has 0 aromatic carbocycles. The van der Waals surface area contributed by atoms with Gasteiger partial charge in [-0.1, -0.05) is 32.6 Å². The molecule has 0 spiro atoms. The predicted octanol–water partition coefficient (Wildman–Crippen LogP) is 4.19. The number of rotatable bonds is 12. The van der Waals surface area contributed by atoms with Crippen LogP contribution in [0, 0.1) is 23.2 Å². The SMILES string of the molecule is CCC(C)(C)C(=O)OCCCCCCCCC(=O)OC1C2CC3C(=O)OC1C3C2. The lowest BCUT2D eigenvalue weighted by atomic mass is 9.88. The highest BCUT2D eigenvalue weighted by Crippen LogP contribution is 2.55. The molecule has 3 rings (SSSR count). The molecule has 0 amide bonds. The Kier molecular flexibility index (Phi) is 7.23. The second kappa shape index (κ2) is 9.48. The summed E-state index contributed by atoms with van der Waals surface area (Å²) < 4.78 is 16.4. The number of fused-ring (bicyclic) bond motifs is 1. The standard InChI is InChI=1S/C23H36O6/c1-4-23(2,3)22(26)27-12-10-8-6-5-7-9-11-18(24)28-19-15-13-16-17(14-15)21(25)29-20(16)19/h15-17,19-20H,4-14H2,1-3H3. The van der Waals surface area contributed by atoms with Gasteiger partial charge in [-0.15, -0.1) is 0 Å². The summed E-state index contributed by atoms with van der Waals surface area (Å²) in [5.41, 5.74) is -0.395. The Morgan fingerprint density at radius 3 is 2.48 bits per heavy atom. The summed E-state index contributed by atoms with van der Waals surface area (Å²) in [6, 6.07) is 0. The fourth-order valence-corrected chi connectivity index (χ4v) is 4.86. The van der Waals surface area contributed by atoms with E-state index in [9.17, 15) is 14.4 Å². The number of carbonyl (C=O) groups excluding carboxylic acids is 3. The summed E-state index contributed by atoms with van der Waals surface area (Å²) in [4.78, 5) is 35.8. The molecule has 1 saturated heterocycles. The van der Waals surface area contributed by atoms with Crippen molar-refractivity contribution in [1.82, 2.24) is 0 Å². The van der Waals surface area contributed by atoms with Gasteiger partial charge in [-0.05, 0) is 46.0 Å². The van der Waals surface area contributed by atoms with Crippen LogP contribution in [-0.2, 0) is 28.6 Å². The van der Waals surface area contributed by atoms with Crippen molar-refractivity contribution in [3.8, 4) is 0 Å². The predicted molar refractivity (Wildman–Crippen MR) is 107 cm³/mol. The second-order valence-corrected chi connectivity index (χ2v) is 9.60. The maximum absolute atomic E-state index is 12.2. The third kappa shape index (κ3) is 5.13. The third-order valence-electron chi connectivity index (χ3n) is 7.13. The lowest BCUT2D eigenvalue weighted by molar-refractivity contribution is -0.161. The largest absolute Gasteiger partial charge is 0.465 e. The van der Waals surface area contributed by atoms with Crippen molar-refractivity contribution < 1.29 is 28.6 Å². The molecule has 6 heteroatoms. The van der Waals surface area contributed by atoms with Gasteiger partial charge < -0.3 is 14.2 Å². The van der Waals surface area contributed by atoms with E-state index in [2.05, 4.69) is 0 Å². The zero-order valence-electron chi connectivity index (χ0n) is 18.1. The molecule has 3 fully saturated rings. The molecule has 1 aliphatic heterocycles. The molecule has 5 atom stereocenters. The Labute approximate surface area is 174 Å². The van der Waals surface area contributed by atoms with Crippen molar-refractivity contribution in [2.75, 3.05) is 6.61 Å². The van der Waals surface area contributed by atoms with E-state index < -0.39 is 5.41 Å². The number of hydrogen-bond acceptors (Lipinski definition) is 6. The van der Waals surface area contributed by atoms with E-state index in [0.717, 1.165) is 57.8 Å². The van der Waals surface area contributed by atoms with E-state index in [-0.39, 0.29) is 42.0 Å². The lowest BCUT2D eigenvalue weighted by Crippen LogP contribution is -2.35. The molecule has 0 aromatic rings. The second-order valence-electron chi connectivity index (χ2n) is 9.60. The average Bonchev–Trinajstić information content (AvgIpc) is 3.31. The van der Waals surface area contributed by atoms with Gasteiger partial charge in [0.15, 0.2) is 0 Å². The Bertz CT molecular complexity index is 612. The number of hydrogen-bond donors (Lipinski definition) is 0. The minimum absolute atomic E-state index is 0.0570. The van der Waals surface area contributed by atoms with Crippen LogP contribution in [0.3, 0.4) is 0 Å². The highest BCUT2D eigenvalue weighted by Gasteiger charge is 2.63. The van der Waals surface area contributed by atoms with Crippen LogP contribution in [0.2, 0.25) is 0 Å². The summed E-state index contributed by atoms with van der Waals surface area (Å²) in [6.07, 6.45) is 8.48. The fourth-order valence-electron chi connectivity index (χ4n) is 4.86. The Morgan fingerprint density at radius 1 is 1.07 bits per heavy atom. The number of ether oxygens (including phenoxy) is 3. The summed E-state index contributed by atoms with van der Waals surface area (Å²) >= 11 is 0. The van der Waals surface area contributed by atoms with Gasteiger partial charge in [0.05, 0.1) is 17.9 Å². The van der Waals surface area contributed by atoms with E-state index in [1.54, 1.807) is 0 Å². The molecule has 1 heterocycles. The fraction of sp³-hybridized carbons (Fsp3) is 0.870. The topological polar surface area (TPSA) is 78.9 Å². The van der Waals surface area contributed by atoms with Gasteiger partial charge in [-0.2, -0.15) is 0 Å². The highest BCUT2D eigenvalue weighted by molar-refractivity contribution is 5.77.